The zero-order chi connectivity index (χ0) is 19.0. The van der Waals surface area contributed by atoms with Gasteiger partial charge < -0.3 is 26.4 Å². The quantitative estimate of drug-likeness (QED) is 0.395. The third-order valence-electron chi connectivity index (χ3n) is 3.99. The number of hydrogen-bond acceptors (Lipinski definition) is 6. The van der Waals surface area contributed by atoms with Gasteiger partial charge in [-0.15, -0.1) is 0 Å². The Morgan fingerprint density at radius 1 is 1.32 bits per heavy atom. The average Bonchev–Trinajstić information content (AvgIpc) is 3.06. The van der Waals surface area contributed by atoms with Gasteiger partial charge in [0, 0.05) is 6.54 Å². The van der Waals surface area contributed by atoms with Crippen LogP contribution in [0.1, 0.15) is 26.2 Å². The predicted octanol–water partition coefficient (Wildman–Crippen LogP) is -1.24. The highest BCUT2D eigenvalue weighted by molar-refractivity contribution is 7.98. The van der Waals surface area contributed by atoms with Crippen molar-refractivity contribution in [2.24, 2.45) is 5.73 Å². The van der Waals surface area contributed by atoms with E-state index in [2.05, 4.69) is 10.6 Å². The molecule has 3 amide bonds. The van der Waals surface area contributed by atoms with E-state index in [9.17, 15) is 19.2 Å². The van der Waals surface area contributed by atoms with E-state index < -0.39 is 41.8 Å². The SMILES string of the molecule is CSCCC(N)C(=O)NC(C)C(=O)NCC(=O)N1CCCC1C(=O)O. The lowest BCUT2D eigenvalue weighted by Crippen LogP contribution is -2.52. The number of aliphatic carboxylic acids is 1. The van der Waals surface area contributed by atoms with E-state index in [1.807, 2.05) is 6.26 Å². The minimum Gasteiger partial charge on any atom is -0.480 e. The fourth-order valence-corrected chi connectivity index (χ4v) is 2.99. The molecule has 0 aliphatic carbocycles. The summed E-state index contributed by atoms with van der Waals surface area (Å²) in [4.78, 5) is 48.3. The van der Waals surface area contributed by atoms with Crippen molar-refractivity contribution in [2.75, 3.05) is 25.1 Å². The Hall–Kier alpha value is -1.81. The number of likely N-dealkylation sites (tertiary alicyclic amines) is 1. The van der Waals surface area contributed by atoms with Gasteiger partial charge in [0.1, 0.15) is 12.1 Å². The summed E-state index contributed by atoms with van der Waals surface area (Å²) >= 11 is 1.57. The molecule has 0 aromatic heterocycles. The summed E-state index contributed by atoms with van der Waals surface area (Å²) in [7, 11) is 0. The second-order valence-corrected chi connectivity index (χ2v) is 6.91. The first-order chi connectivity index (χ1) is 11.8. The van der Waals surface area contributed by atoms with Gasteiger partial charge in [-0.3, -0.25) is 14.4 Å². The molecule has 0 radical (unpaired) electrons. The number of carbonyl (C=O) groups excluding carboxylic acids is 3. The molecule has 1 heterocycles. The van der Waals surface area contributed by atoms with Crippen LogP contribution in [0.4, 0.5) is 0 Å². The van der Waals surface area contributed by atoms with E-state index in [1.165, 1.54) is 11.8 Å². The van der Waals surface area contributed by atoms with Crippen LogP contribution in [-0.2, 0) is 19.2 Å². The molecule has 5 N–H and O–H groups in total. The van der Waals surface area contributed by atoms with Gasteiger partial charge in [0.15, 0.2) is 0 Å². The maximum atomic E-state index is 12.1. The molecule has 25 heavy (non-hydrogen) atoms. The Morgan fingerprint density at radius 3 is 2.60 bits per heavy atom. The van der Waals surface area contributed by atoms with E-state index in [4.69, 9.17) is 10.8 Å². The average molecular weight is 374 g/mol. The van der Waals surface area contributed by atoms with Gasteiger partial charge in [0.05, 0.1) is 12.6 Å². The molecule has 0 aromatic rings. The lowest BCUT2D eigenvalue weighted by molar-refractivity contribution is -0.148. The second-order valence-electron chi connectivity index (χ2n) is 5.92. The second kappa shape index (κ2) is 10.2. The van der Waals surface area contributed by atoms with Crippen LogP contribution in [0.5, 0.6) is 0 Å². The summed E-state index contributed by atoms with van der Waals surface area (Å²) in [6.07, 6.45) is 3.45. The van der Waals surface area contributed by atoms with Crippen LogP contribution in [-0.4, -0.2) is 76.9 Å². The smallest absolute Gasteiger partial charge is 0.326 e. The van der Waals surface area contributed by atoms with Crippen molar-refractivity contribution in [2.45, 2.75) is 44.3 Å². The fraction of sp³-hybridized carbons (Fsp3) is 0.733. The summed E-state index contributed by atoms with van der Waals surface area (Å²) in [6.45, 7) is 1.55. The molecule has 0 bridgehead atoms. The van der Waals surface area contributed by atoms with Crippen LogP contribution in [0.15, 0.2) is 0 Å². The third-order valence-corrected chi connectivity index (χ3v) is 4.64. The Kier molecular flexibility index (Phi) is 8.70. The standard InChI is InChI=1S/C15H26N4O5S/c1-9(18-14(22)10(16)5-7-25-2)13(21)17-8-12(20)19-6-3-4-11(19)15(23)24/h9-11H,3-8,16H2,1-2H3,(H,17,21)(H,18,22)(H,23,24). The van der Waals surface area contributed by atoms with Crippen molar-refractivity contribution < 1.29 is 24.3 Å². The van der Waals surface area contributed by atoms with Gasteiger partial charge in [-0.25, -0.2) is 4.79 Å². The largest absolute Gasteiger partial charge is 0.480 e. The first-order valence-electron chi connectivity index (χ1n) is 8.12. The molecule has 10 heteroatoms. The number of thioether (sulfide) groups is 1. The topological polar surface area (TPSA) is 142 Å². The molecule has 3 atom stereocenters. The lowest BCUT2D eigenvalue weighted by Gasteiger charge is -2.22. The molecule has 142 valence electrons. The molecule has 1 aliphatic heterocycles. The monoisotopic (exact) mass is 374 g/mol. The van der Waals surface area contributed by atoms with Crippen LogP contribution in [0.2, 0.25) is 0 Å². The zero-order valence-electron chi connectivity index (χ0n) is 14.5. The Morgan fingerprint density at radius 2 is 2.00 bits per heavy atom. The molecule has 1 rings (SSSR count). The van der Waals surface area contributed by atoms with Gasteiger partial charge in [0.2, 0.25) is 17.7 Å². The molecule has 1 aliphatic rings. The van der Waals surface area contributed by atoms with Gasteiger partial charge in [-0.05, 0) is 38.2 Å². The summed E-state index contributed by atoms with van der Waals surface area (Å²) in [6, 6.07) is -2.37. The molecular weight excluding hydrogens is 348 g/mol. The van der Waals surface area contributed by atoms with Crippen LogP contribution in [0.25, 0.3) is 0 Å². The van der Waals surface area contributed by atoms with Crippen LogP contribution < -0.4 is 16.4 Å². The lowest BCUT2D eigenvalue weighted by atomic mass is 10.2. The molecular formula is C15H26N4O5S. The number of carboxylic acids is 1. The van der Waals surface area contributed by atoms with Crippen LogP contribution in [0.3, 0.4) is 0 Å². The number of carbonyl (C=O) groups is 4. The van der Waals surface area contributed by atoms with E-state index in [-0.39, 0.29) is 6.54 Å². The van der Waals surface area contributed by atoms with Gasteiger partial charge in [0.25, 0.3) is 0 Å². The summed E-state index contributed by atoms with van der Waals surface area (Å²) in [5.41, 5.74) is 5.73. The first-order valence-corrected chi connectivity index (χ1v) is 9.52. The van der Waals surface area contributed by atoms with Gasteiger partial charge in [-0.2, -0.15) is 11.8 Å². The molecule has 3 unspecified atom stereocenters. The Labute approximate surface area is 151 Å². The van der Waals surface area contributed by atoms with E-state index in [0.717, 1.165) is 5.75 Å². The molecule has 1 fully saturated rings. The highest BCUT2D eigenvalue weighted by Crippen LogP contribution is 2.17. The van der Waals surface area contributed by atoms with Crippen molar-refractivity contribution in [1.82, 2.24) is 15.5 Å². The minimum absolute atomic E-state index is 0.304. The fourth-order valence-electron chi connectivity index (χ4n) is 2.50. The number of rotatable bonds is 9. The van der Waals surface area contributed by atoms with E-state index in [0.29, 0.717) is 25.8 Å². The maximum absolute atomic E-state index is 12.1. The number of hydrogen-bond donors (Lipinski definition) is 4. The molecule has 0 aromatic carbocycles. The molecule has 9 nitrogen and oxygen atoms in total. The maximum Gasteiger partial charge on any atom is 0.326 e. The van der Waals surface area contributed by atoms with Crippen molar-refractivity contribution in [1.29, 1.82) is 0 Å². The number of nitrogens with one attached hydrogen (secondary N) is 2. The van der Waals surface area contributed by atoms with Crippen LogP contribution in [0, 0.1) is 0 Å². The van der Waals surface area contributed by atoms with Crippen molar-refractivity contribution in [3.05, 3.63) is 0 Å². The van der Waals surface area contributed by atoms with Gasteiger partial charge >= 0.3 is 5.97 Å². The normalized spacial score (nSPS) is 19.2. The molecule has 1 saturated heterocycles. The molecule has 0 spiro atoms. The number of nitrogens with zero attached hydrogens (tertiary/aromatic N) is 1. The van der Waals surface area contributed by atoms with Crippen molar-refractivity contribution in [3.8, 4) is 0 Å². The third kappa shape index (κ3) is 6.54. The predicted molar refractivity (Wildman–Crippen MR) is 94.0 cm³/mol. The Balaban J connectivity index is 2.41. The summed E-state index contributed by atoms with van der Waals surface area (Å²) in [5.74, 6) is -1.70. The van der Waals surface area contributed by atoms with E-state index >= 15 is 0 Å². The van der Waals surface area contributed by atoms with Crippen molar-refractivity contribution >= 4 is 35.5 Å². The first kappa shape index (κ1) is 21.2. The minimum atomic E-state index is -1.04. The van der Waals surface area contributed by atoms with Crippen LogP contribution >= 0.6 is 11.8 Å². The zero-order valence-corrected chi connectivity index (χ0v) is 15.3. The molecule has 0 saturated carbocycles. The summed E-state index contributed by atoms with van der Waals surface area (Å²) < 4.78 is 0. The van der Waals surface area contributed by atoms with Gasteiger partial charge in [-0.1, -0.05) is 0 Å². The van der Waals surface area contributed by atoms with E-state index in [1.54, 1.807) is 11.8 Å². The Bertz CT molecular complexity index is 516. The highest BCUT2D eigenvalue weighted by atomic mass is 32.2. The number of carboxylic acid groups (broad SMARTS) is 1. The van der Waals surface area contributed by atoms with Crippen molar-refractivity contribution in [3.63, 3.8) is 0 Å². The highest BCUT2D eigenvalue weighted by Gasteiger charge is 2.34. The number of amides is 3. The summed E-state index contributed by atoms with van der Waals surface area (Å²) in [5, 5.41) is 14.0. The number of nitrogens with two attached hydrogens (primary N) is 1.